The van der Waals surface area contributed by atoms with Gasteiger partial charge in [0, 0.05) is 23.8 Å². The first-order valence-corrected chi connectivity index (χ1v) is 8.07. The largest absolute Gasteiger partial charge is 0.493 e. The van der Waals surface area contributed by atoms with Gasteiger partial charge in [0.15, 0.2) is 11.5 Å². The van der Waals surface area contributed by atoms with Crippen LogP contribution in [0.3, 0.4) is 0 Å². The molecule has 1 aromatic rings. The Morgan fingerprint density at radius 1 is 1.23 bits per heavy atom. The number of likely N-dealkylation sites (N-methyl/N-ethyl adjacent to an activating group) is 1. The molecule has 3 aliphatic rings. The number of fused-ring (bicyclic) bond motifs is 5. The summed E-state index contributed by atoms with van der Waals surface area (Å²) in [5, 5.41) is 0. The average molecular weight is 301 g/mol. The van der Waals surface area contributed by atoms with Gasteiger partial charge in [0.05, 0.1) is 14.2 Å². The van der Waals surface area contributed by atoms with E-state index >= 15 is 0 Å². The first-order chi connectivity index (χ1) is 10.6. The van der Waals surface area contributed by atoms with E-state index in [4.69, 9.17) is 9.47 Å². The Bertz CT molecular complexity index is 629. The van der Waals surface area contributed by atoms with Gasteiger partial charge in [-0.1, -0.05) is 6.07 Å². The predicted octanol–water partition coefficient (Wildman–Crippen LogP) is 2.25. The molecule has 0 unspecified atom stereocenters. The van der Waals surface area contributed by atoms with E-state index in [0.29, 0.717) is 17.7 Å². The Morgan fingerprint density at radius 3 is 2.73 bits per heavy atom. The van der Waals surface area contributed by atoms with Gasteiger partial charge in [0.25, 0.3) is 0 Å². The fraction of sp³-hybridized carbons (Fsp3) is 0.611. The van der Waals surface area contributed by atoms with Crippen LogP contribution in [0, 0.1) is 11.8 Å². The van der Waals surface area contributed by atoms with E-state index < -0.39 is 0 Å². The van der Waals surface area contributed by atoms with Crippen molar-refractivity contribution in [3.05, 3.63) is 23.8 Å². The molecule has 0 aromatic heterocycles. The van der Waals surface area contributed by atoms with Gasteiger partial charge in [-0.15, -0.1) is 0 Å². The van der Waals surface area contributed by atoms with Gasteiger partial charge in [0.2, 0.25) is 0 Å². The van der Waals surface area contributed by atoms with Crippen molar-refractivity contribution in [1.29, 1.82) is 0 Å². The Labute approximate surface area is 131 Å². The average Bonchev–Trinajstić information content (AvgIpc) is 3.17. The zero-order valence-corrected chi connectivity index (χ0v) is 13.5. The highest BCUT2D eigenvalue weighted by Crippen LogP contribution is 2.61. The van der Waals surface area contributed by atoms with Crippen molar-refractivity contribution in [3.8, 4) is 11.5 Å². The molecule has 4 rings (SSSR count). The molecule has 4 atom stereocenters. The standard InChI is InChI=1S/C18H23NO3/c1-19-7-6-18(12-8-13(17(18)19)14(20)9-12)11-4-5-15(21-2)16(10-11)22-3/h4-5,10,12-13,17H,6-9H2,1-3H3/t12-,13+,17+,18+/m1/s1. The fourth-order valence-corrected chi connectivity index (χ4v) is 5.44. The summed E-state index contributed by atoms with van der Waals surface area (Å²) in [4.78, 5) is 14.7. The van der Waals surface area contributed by atoms with Crippen molar-refractivity contribution in [2.75, 3.05) is 27.8 Å². The van der Waals surface area contributed by atoms with Gasteiger partial charge in [0.1, 0.15) is 5.78 Å². The topological polar surface area (TPSA) is 38.8 Å². The third kappa shape index (κ3) is 1.59. The van der Waals surface area contributed by atoms with E-state index in [1.165, 1.54) is 5.56 Å². The second-order valence-electron chi connectivity index (χ2n) is 7.00. The van der Waals surface area contributed by atoms with E-state index in [9.17, 15) is 4.79 Å². The second-order valence-corrected chi connectivity index (χ2v) is 7.00. The summed E-state index contributed by atoms with van der Waals surface area (Å²) in [6.45, 7) is 1.07. The molecule has 3 fully saturated rings. The van der Waals surface area contributed by atoms with Crippen molar-refractivity contribution in [2.45, 2.75) is 30.7 Å². The molecule has 2 aliphatic carbocycles. The summed E-state index contributed by atoms with van der Waals surface area (Å²) in [6.07, 6.45) is 2.95. The number of methoxy groups -OCH3 is 2. The van der Waals surface area contributed by atoms with Crippen LogP contribution in [-0.4, -0.2) is 44.5 Å². The van der Waals surface area contributed by atoms with Crippen molar-refractivity contribution >= 4 is 5.78 Å². The van der Waals surface area contributed by atoms with Gasteiger partial charge in [-0.05, 0) is 50.0 Å². The van der Waals surface area contributed by atoms with E-state index in [0.717, 1.165) is 37.3 Å². The normalized spacial score (nSPS) is 36.7. The number of Topliss-reactive ketones (excluding diaryl/α,β-unsaturated/α-hetero) is 1. The molecule has 1 saturated heterocycles. The zero-order chi connectivity index (χ0) is 15.5. The summed E-state index contributed by atoms with van der Waals surface area (Å²) in [5.41, 5.74) is 1.44. The molecule has 0 spiro atoms. The van der Waals surface area contributed by atoms with Crippen molar-refractivity contribution in [1.82, 2.24) is 4.90 Å². The third-order valence-corrected chi connectivity index (χ3v) is 6.31. The molecule has 0 amide bonds. The van der Waals surface area contributed by atoms with Gasteiger partial charge in [-0.25, -0.2) is 0 Å². The summed E-state index contributed by atoms with van der Waals surface area (Å²) in [7, 11) is 5.52. The maximum atomic E-state index is 12.2. The van der Waals surface area contributed by atoms with Crippen LogP contribution >= 0.6 is 0 Å². The van der Waals surface area contributed by atoms with Crippen molar-refractivity contribution in [2.24, 2.45) is 11.8 Å². The van der Waals surface area contributed by atoms with Gasteiger partial charge in [-0.2, -0.15) is 0 Å². The minimum Gasteiger partial charge on any atom is -0.493 e. The van der Waals surface area contributed by atoms with Crippen LogP contribution in [0.5, 0.6) is 11.5 Å². The summed E-state index contributed by atoms with van der Waals surface area (Å²) >= 11 is 0. The van der Waals surface area contributed by atoms with E-state index in [2.05, 4.69) is 24.1 Å². The quantitative estimate of drug-likeness (QED) is 0.858. The monoisotopic (exact) mass is 301 g/mol. The minimum atomic E-state index is 0.118. The third-order valence-electron chi connectivity index (χ3n) is 6.31. The molecule has 4 nitrogen and oxygen atoms in total. The number of nitrogens with zero attached hydrogens (tertiary/aromatic N) is 1. The number of hydrogen-bond acceptors (Lipinski definition) is 4. The molecule has 1 aromatic carbocycles. The fourth-order valence-electron chi connectivity index (χ4n) is 5.44. The second kappa shape index (κ2) is 4.72. The van der Waals surface area contributed by atoms with Crippen LogP contribution in [0.2, 0.25) is 0 Å². The number of ether oxygens (including phenoxy) is 2. The molecule has 0 N–H and O–H groups in total. The van der Waals surface area contributed by atoms with E-state index in [-0.39, 0.29) is 11.3 Å². The molecular weight excluding hydrogens is 278 g/mol. The van der Waals surface area contributed by atoms with Gasteiger partial charge < -0.3 is 14.4 Å². The van der Waals surface area contributed by atoms with Crippen LogP contribution in [0.25, 0.3) is 0 Å². The zero-order valence-electron chi connectivity index (χ0n) is 13.5. The lowest BCUT2D eigenvalue weighted by Crippen LogP contribution is -2.48. The van der Waals surface area contributed by atoms with Crippen LogP contribution < -0.4 is 9.47 Å². The number of benzene rings is 1. The number of rotatable bonds is 3. The first-order valence-electron chi connectivity index (χ1n) is 8.07. The van der Waals surface area contributed by atoms with Gasteiger partial charge >= 0.3 is 0 Å². The Balaban J connectivity index is 1.82. The maximum absolute atomic E-state index is 12.2. The van der Waals surface area contributed by atoms with E-state index in [1.807, 2.05) is 6.07 Å². The van der Waals surface area contributed by atoms with Crippen LogP contribution in [-0.2, 0) is 10.2 Å². The summed E-state index contributed by atoms with van der Waals surface area (Å²) in [5.74, 6) is 2.74. The number of likely N-dealkylation sites (tertiary alicyclic amines) is 1. The first kappa shape index (κ1) is 14.1. The smallest absolute Gasteiger partial charge is 0.161 e. The Kier molecular flexibility index (Phi) is 3.02. The molecule has 2 bridgehead atoms. The number of carbonyl (C=O) groups excluding carboxylic acids is 1. The van der Waals surface area contributed by atoms with Crippen LogP contribution in [0.4, 0.5) is 0 Å². The Morgan fingerprint density at radius 2 is 2.00 bits per heavy atom. The minimum absolute atomic E-state index is 0.118. The number of hydrogen-bond donors (Lipinski definition) is 0. The van der Waals surface area contributed by atoms with E-state index in [1.54, 1.807) is 14.2 Å². The maximum Gasteiger partial charge on any atom is 0.161 e. The number of ketones is 1. The molecule has 1 aliphatic heterocycles. The molecule has 118 valence electrons. The summed E-state index contributed by atoms with van der Waals surface area (Å²) < 4.78 is 10.9. The summed E-state index contributed by atoms with van der Waals surface area (Å²) in [6, 6.07) is 6.68. The van der Waals surface area contributed by atoms with Gasteiger partial charge in [-0.3, -0.25) is 4.79 Å². The molecule has 2 saturated carbocycles. The lowest BCUT2D eigenvalue weighted by atomic mass is 9.65. The highest BCUT2D eigenvalue weighted by Gasteiger charge is 2.65. The molecule has 22 heavy (non-hydrogen) atoms. The Hall–Kier alpha value is -1.55. The number of carbonyl (C=O) groups is 1. The molecule has 0 radical (unpaired) electrons. The highest BCUT2D eigenvalue weighted by molar-refractivity contribution is 5.86. The van der Waals surface area contributed by atoms with Crippen molar-refractivity contribution in [3.63, 3.8) is 0 Å². The molecular formula is C18H23NO3. The molecule has 4 heteroatoms. The highest BCUT2D eigenvalue weighted by atomic mass is 16.5. The van der Waals surface area contributed by atoms with Crippen LogP contribution in [0.1, 0.15) is 24.8 Å². The molecule has 1 heterocycles. The predicted molar refractivity (Wildman–Crippen MR) is 83.5 cm³/mol. The lowest BCUT2D eigenvalue weighted by Gasteiger charge is -2.41. The SMILES string of the molecule is COc1ccc([C@]23CCN(C)[C@H]2[C@H]2C[C@@H]3CC2=O)cc1OC. The lowest BCUT2D eigenvalue weighted by molar-refractivity contribution is -0.124. The van der Waals surface area contributed by atoms with Crippen LogP contribution in [0.15, 0.2) is 18.2 Å². The van der Waals surface area contributed by atoms with Crippen molar-refractivity contribution < 1.29 is 14.3 Å².